The number of sulfonamides is 1. The fourth-order valence-corrected chi connectivity index (χ4v) is 6.71. The van der Waals surface area contributed by atoms with Crippen molar-refractivity contribution in [3.8, 4) is 11.3 Å². The molecule has 0 atom stereocenters. The smallest absolute Gasteiger partial charge is 0.243 e. The first kappa shape index (κ1) is 22.2. The maximum atomic E-state index is 13.1. The number of carbonyl (C=O) groups excluding carboxylic acids is 1. The third-order valence-corrected chi connectivity index (χ3v) is 9.08. The Morgan fingerprint density at radius 2 is 1.79 bits per heavy atom. The second-order valence-electron chi connectivity index (χ2n) is 8.50. The highest BCUT2D eigenvalue weighted by Crippen LogP contribution is 2.31. The lowest BCUT2D eigenvalue weighted by atomic mass is 9.97. The second kappa shape index (κ2) is 8.96. The molecule has 1 aliphatic carbocycles. The third-order valence-electron chi connectivity index (χ3n) is 6.40. The second-order valence-corrected chi connectivity index (χ2v) is 11.3. The van der Waals surface area contributed by atoms with Crippen molar-refractivity contribution in [3.63, 3.8) is 0 Å². The number of amides is 1. The molecule has 1 fully saturated rings. The Kier molecular flexibility index (Phi) is 6.03. The number of nitrogens with one attached hydrogen (secondary N) is 1. The molecule has 1 saturated heterocycles. The van der Waals surface area contributed by atoms with Crippen LogP contribution in [0.15, 0.2) is 52.7 Å². The summed E-state index contributed by atoms with van der Waals surface area (Å²) in [6.45, 7) is 0.492. The Labute approximate surface area is 196 Å². The molecule has 1 N–H and O–H groups in total. The van der Waals surface area contributed by atoms with Crippen LogP contribution in [0.3, 0.4) is 0 Å². The summed E-state index contributed by atoms with van der Waals surface area (Å²) in [7, 11) is -3.69. The number of carbonyl (C=O) groups is 1. The van der Waals surface area contributed by atoms with Crippen LogP contribution >= 0.6 is 11.3 Å². The largest absolute Gasteiger partial charge is 0.302 e. The van der Waals surface area contributed by atoms with Gasteiger partial charge in [0.2, 0.25) is 15.9 Å². The summed E-state index contributed by atoms with van der Waals surface area (Å²) >= 11 is 1.39. The number of aromatic nitrogens is 1. The molecule has 172 valence electrons. The van der Waals surface area contributed by atoms with Crippen LogP contribution in [-0.4, -0.2) is 36.7 Å². The van der Waals surface area contributed by atoms with Gasteiger partial charge in [0, 0.05) is 30.0 Å². The first-order chi connectivity index (χ1) is 15.9. The van der Waals surface area contributed by atoms with Gasteiger partial charge in [-0.1, -0.05) is 12.1 Å². The number of rotatable bonds is 5. The Balaban J connectivity index is 1.19. The lowest BCUT2D eigenvalue weighted by Gasteiger charge is -2.30. The Morgan fingerprint density at radius 1 is 1.06 bits per heavy atom. The molecule has 0 spiro atoms. The monoisotopic (exact) mass is 485 g/mol. The molecule has 6 nitrogen and oxygen atoms in total. The van der Waals surface area contributed by atoms with Gasteiger partial charge in [-0.15, -0.1) is 11.3 Å². The van der Waals surface area contributed by atoms with E-state index in [1.54, 1.807) is 0 Å². The average Bonchev–Trinajstić information content (AvgIpc) is 3.48. The highest BCUT2D eigenvalue weighted by atomic mass is 32.2. The van der Waals surface area contributed by atoms with Crippen molar-refractivity contribution in [1.82, 2.24) is 9.29 Å². The van der Waals surface area contributed by atoms with Gasteiger partial charge in [0.15, 0.2) is 5.13 Å². The molecule has 0 radical (unpaired) electrons. The van der Waals surface area contributed by atoms with E-state index in [9.17, 15) is 17.6 Å². The predicted octanol–water partition coefficient (Wildman–Crippen LogP) is 4.48. The zero-order valence-electron chi connectivity index (χ0n) is 18.0. The molecule has 0 unspecified atom stereocenters. The summed E-state index contributed by atoms with van der Waals surface area (Å²) in [6, 6.07) is 11.3. The number of halogens is 1. The van der Waals surface area contributed by atoms with E-state index in [1.165, 1.54) is 45.3 Å². The van der Waals surface area contributed by atoms with Crippen molar-refractivity contribution < 1.29 is 17.6 Å². The number of hydrogen-bond donors (Lipinski definition) is 1. The van der Waals surface area contributed by atoms with Gasteiger partial charge in [-0.05, 0) is 73.6 Å². The van der Waals surface area contributed by atoms with Crippen molar-refractivity contribution in [2.24, 2.45) is 5.92 Å². The highest BCUT2D eigenvalue weighted by Gasteiger charge is 2.32. The first-order valence-corrected chi connectivity index (χ1v) is 13.4. The normalized spacial score (nSPS) is 17.1. The van der Waals surface area contributed by atoms with Crippen molar-refractivity contribution in [2.45, 2.75) is 37.0 Å². The lowest BCUT2D eigenvalue weighted by molar-refractivity contribution is -0.120. The summed E-state index contributed by atoms with van der Waals surface area (Å²) < 4.78 is 40.0. The predicted molar refractivity (Wildman–Crippen MR) is 126 cm³/mol. The van der Waals surface area contributed by atoms with Gasteiger partial charge in [0.25, 0.3) is 0 Å². The van der Waals surface area contributed by atoms with E-state index in [2.05, 4.69) is 28.5 Å². The fraction of sp³-hybridized carbons (Fsp3) is 0.333. The minimum absolute atomic E-state index is 0.0636. The van der Waals surface area contributed by atoms with Crippen molar-refractivity contribution in [3.05, 3.63) is 64.8 Å². The van der Waals surface area contributed by atoms with Crippen LogP contribution in [0.25, 0.3) is 11.3 Å². The van der Waals surface area contributed by atoms with Crippen LogP contribution in [0.5, 0.6) is 0 Å². The molecule has 3 aromatic rings. The molecular weight excluding hydrogens is 461 g/mol. The van der Waals surface area contributed by atoms with Crippen LogP contribution in [0.2, 0.25) is 0 Å². The van der Waals surface area contributed by atoms with E-state index in [0.717, 1.165) is 36.2 Å². The minimum atomic E-state index is -3.69. The molecule has 2 aromatic carbocycles. The third kappa shape index (κ3) is 4.58. The number of thiazole rings is 1. The molecule has 9 heteroatoms. The van der Waals surface area contributed by atoms with E-state index < -0.39 is 15.8 Å². The number of piperidine rings is 1. The number of nitrogens with zero attached hydrogens (tertiary/aromatic N) is 2. The molecule has 1 amide bonds. The summed E-state index contributed by atoms with van der Waals surface area (Å²) in [5.41, 5.74) is 4.71. The number of aryl methyl sites for hydroxylation is 2. The summed E-state index contributed by atoms with van der Waals surface area (Å²) in [5, 5.41) is 5.41. The van der Waals surface area contributed by atoms with Gasteiger partial charge >= 0.3 is 0 Å². The molecular formula is C24H24FN3O3S2. The van der Waals surface area contributed by atoms with E-state index in [-0.39, 0.29) is 29.8 Å². The summed E-state index contributed by atoms with van der Waals surface area (Å²) in [4.78, 5) is 17.4. The average molecular weight is 486 g/mol. The standard InChI is InChI=1S/C24H24FN3O3S2/c25-20-6-8-21(9-7-20)33(30,31)28-12-10-17(11-13-28)23(29)27-24-26-22(15-32-24)19-5-4-16-2-1-3-18(16)14-19/h4-9,14-15,17H,1-3,10-13H2,(H,26,27,29). The van der Waals surface area contributed by atoms with E-state index in [4.69, 9.17) is 0 Å². The first-order valence-electron chi connectivity index (χ1n) is 11.0. The Hall–Kier alpha value is -2.62. The molecule has 2 aliphatic rings. The zero-order chi connectivity index (χ0) is 23.0. The Morgan fingerprint density at radius 3 is 2.55 bits per heavy atom. The topological polar surface area (TPSA) is 79.4 Å². The minimum Gasteiger partial charge on any atom is -0.302 e. The number of hydrogen-bond acceptors (Lipinski definition) is 5. The number of fused-ring (bicyclic) bond motifs is 1. The number of benzene rings is 2. The molecule has 1 aromatic heterocycles. The van der Waals surface area contributed by atoms with E-state index >= 15 is 0 Å². The maximum Gasteiger partial charge on any atom is 0.243 e. The van der Waals surface area contributed by atoms with Crippen LogP contribution in [0.1, 0.15) is 30.4 Å². The summed E-state index contributed by atoms with van der Waals surface area (Å²) in [5.74, 6) is -0.897. The van der Waals surface area contributed by atoms with Crippen molar-refractivity contribution in [2.75, 3.05) is 18.4 Å². The molecule has 0 bridgehead atoms. The lowest BCUT2D eigenvalue weighted by Crippen LogP contribution is -2.41. The number of anilines is 1. The molecule has 5 rings (SSSR count). The van der Waals surface area contributed by atoms with Gasteiger partial charge in [-0.25, -0.2) is 17.8 Å². The zero-order valence-corrected chi connectivity index (χ0v) is 19.6. The highest BCUT2D eigenvalue weighted by molar-refractivity contribution is 7.89. The van der Waals surface area contributed by atoms with Crippen molar-refractivity contribution >= 4 is 32.4 Å². The SMILES string of the molecule is O=C(Nc1nc(-c2ccc3c(c2)CCC3)cs1)C1CCN(S(=O)(=O)c2ccc(F)cc2)CC1. The maximum absolute atomic E-state index is 13.1. The molecule has 33 heavy (non-hydrogen) atoms. The van der Waals surface area contributed by atoms with Crippen LogP contribution in [-0.2, 0) is 27.7 Å². The van der Waals surface area contributed by atoms with Crippen LogP contribution in [0.4, 0.5) is 9.52 Å². The molecule has 0 saturated carbocycles. The van der Waals surface area contributed by atoms with Gasteiger partial charge in [0.1, 0.15) is 5.82 Å². The van der Waals surface area contributed by atoms with Gasteiger partial charge in [0.05, 0.1) is 10.6 Å². The van der Waals surface area contributed by atoms with E-state index in [0.29, 0.717) is 18.0 Å². The molecule has 1 aliphatic heterocycles. The van der Waals surface area contributed by atoms with Crippen LogP contribution < -0.4 is 5.32 Å². The Bertz CT molecular complexity index is 1280. The van der Waals surface area contributed by atoms with Crippen molar-refractivity contribution in [1.29, 1.82) is 0 Å². The molecule has 2 heterocycles. The van der Waals surface area contributed by atoms with Gasteiger partial charge in [-0.3, -0.25) is 4.79 Å². The van der Waals surface area contributed by atoms with Gasteiger partial charge in [-0.2, -0.15) is 4.31 Å². The van der Waals surface area contributed by atoms with E-state index in [1.807, 2.05) is 5.38 Å². The fourth-order valence-electron chi connectivity index (χ4n) is 4.52. The van der Waals surface area contributed by atoms with Crippen LogP contribution in [0, 0.1) is 11.7 Å². The summed E-state index contributed by atoms with van der Waals surface area (Å²) in [6.07, 6.45) is 4.29. The van der Waals surface area contributed by atoms with Gasteiger partial charge < -0.3 is 5.32 Å². The quantitative estimate of drug-likeness (QED) is 0.578.